The van der Waals surface area contributed by atoms with Crippen molar-refractivity contribution in [2.75, 3.05) is 0 Å². The fraction of sp³-hybridized carbons (Fsp3) is 0.200. The topological polar surface area (TPSA) is 34.9 Å². The number of hydrogen-bond acceptors (Lipinski definition) is 3. The lowest BCUT2D eigenvalue weighted by atomic mass is 10.4. The van der Waals surface area contributed by atoms with Crippen LogP contribution >= 0.6 is 49.9 Å². The minimum Gasteiger partial charge on any atom is -0.291 e. The Morgan fingerprint density at radius 1 is 1.56 bits per heavy atom. The molecule has 2 aromatic rings. The molecule has 6 heteroatoms. The Bertz CT molecular complexity index is 578. The Hall–Kier alpha value is -0.210. The Balaban J connectivity index is 2.42. The zero-order valence-electron chi connectivity index (χ0n) is 8.41. The minimum atomic E-state index is 0.0256. The van der Waals surface area contributed by atoms with Crippen molar-refractivity contribution in [3.05, 3.63) is 46.7 Å². The lowest BCUT2D eigenvalue weighted by Crippen LogP contribution is -2.25. The van der Waals surface area contributed by atoms with Crippen molar-refractivity contribution < 1.29 is 0 Å². The van der Waals surface area contributed by atoms with E-state index in [1.807, 2.05) is 41.6 Å². The molecule has 0 aliphatic rings. The van der Waals surface area contributed by atoms with E-state index in [4.69, 9.17) is 0 Å². The summed E-state index contributed by atoms with van der Waals surface area (Å²) in [5.74, 6) is 0.745. The van der Waals surface area contributed by atoms with Crippen LogP contribution in [0.2, 0.25) is 0 Å². The molecule has 0 radical (unpaired) electrons. The van der Waals surface area contributed by atoms with Gasteiger partial charge in [-0.25, -0.2) is 4.98 Å². The number of aryl methyl sites for hydroxylation is 1. The third kappa shape index (κ3) is 2.54. The van der Waals surface area contributed by atoms with Crippen LogP contribution in [0.1, 0.15) is 10.7 Å². The van der Waals surface area contributed by atoms with Crippen LogP contribution < -0.4 is 5.56 Å². The fourth-order valence-electron chi connectivity index (χ4n) is 1.33. The maximum Gasteiger partial charge on any atom is 0.267 e. The van der Waals surface area contributed by atoms with Crippen LogP contribution in [0.3, 0.4) is 0 Å². The van der Waals surface area contributed by atoms with Gasteiger partial charge in [0.2, 0.25) is 0 Å². The molecule has 16 heavy (non-hydrogen) atoms. The maximum absolute atomic E-state index is 11.9. The van der Waals surface area contributed by atoms with Gasteiger partial charge in [0.15, 0.2) is 0 Å². The lowest BCUT2D eigenvalue weighted by molar-refractivity contribution is 0.702. The van der Waals surface area contributed by atoms with Crippen LogP contribution in [0.5, 0.6) is 0 Å². The average molecular weight is 411 g/mol. The van der Waals surface area contributed by atoms with Crippen LogP contribution in [0.15, 0.2) is 26.9 Å². The zero-order valence-corrected chi connectivity index (χ0v) is 13.0. The van der Waals surface area contributed by atoms with Crippen molar-refractivity contribution in [3.63, 3.8) is 0 Å². The number of nitrogens with zero attached hydrogens (tertiary/aromatic N) is 2. The number of aromatic nitrogens is 2. The van der Waals surface area contributed by atoms with Gasteiger partial charge in [-0.1, -0.05) is 0 Å². The van der Waals surface area contributed by atoms with Gasteiger partial charge >= 0.3 is 0 Å². The quantitative estimate of drug-likeness (QED) is 0.713. The van der Waals surface area contributed by atoms with Crippen molar-refractivity contribution in [2.45, 2.75) is 13.5 Å². The second-order valence-electron chi connectivity index (χ2n) is 3.25. The highest BCUT2D eigenvalue weighted by Crippen LogP contribution is 2.22. The number of hydrogen-bond donors (Lipinski definition) is 0. The SMILES string of the molecule is Cc1ncc(I)c(=O)n1Cc1ccc(Br)s1. The van der Waals surface area contributed by atoms with Gasteiger partial charge in [0.25, 0.3) is 5.56 Å². The summed E-state index contributed by atoms with van der Waals surface area (Å²) in [4.78, 5) is 17.2. The van der Waals surface area contributed by atoms with Gasteiger partial charge < -0.3 is 0 Å². The summed E-state index contributed by atoms with van der Waals surface area (Å²) >= 11 is 7.06. The van der Waals surface area contributed by atoms with Crippen LogP contribution in [-0.4, -0.2) is 9.55 Å². The molecule has 2 rings (SSSR count). The van der Waals surface area contributed by atoms with Crippen molar-refractivity contribution in [1.29, 1.82) is 0 Å². The Morgan fingerprint density at radius 2 is 2.31 bits per heavy atom. The summed E-state index contributed by atoms with van der Waals surface area (Å²) in [5.41, 5.74) is 0.0256. The third-order valence-electron chi connectivity index (χ3n) is 2.15. The summed E-state index contributed by atoms with van der Waals surface area (Å²) < 4.78 is 3.42. The highest BCUT2D eigenvalue weighted by Gasteiger charge is 2.07. The van der Waals surface area contributed by atoms with E-state index in [-0.39, 0.29) is 5.56 Å². The van der Waals surface area contributed by atoms with E-state index < -0.39 is 0 Å². The molecule has 0 aliphatic heterocycles. The van der Waals surface area contributed by atoms with Gasteiger partial charge in [0.05, 0.1) is 13.9 Å². The molecular formula is C10H8BrIN2OS. The van der Waals surface area contributed by atoms with Crippen LogP contribution in [0.4, 0.5) is 0 Å². The van der Waals surface area contributed by atoms with E-state index in [0.717, 1.165) is 14.5 Å². The molecule has 0 amide bonds. The molecule has 2 aromatic heterocycles. The molecule has 0 N–H and O–H groups in total. The molecule has 0 unspecified atom stereocenters. The standard InChI is InChI=1S/C10H8BrIN2OS/c1-6-13-4-8(12)10(15)14(6)5-7-2-3-9(11)16-7/h2-4H,5H2,1H3. The molecule has 0 spiro atoms. The average Bonchev–Trinajstić information content (AvgIpc) is 2.65. The molecule has 0 saturated heterocycles. The summed E-state index contributed by atoms with van der Waals surface area (Å²) in [6.07, 6.45) is 1.61. The number of rotatable bonds is 2. The third-order valence-corrected chi connectivity index (χ3v) is 4.50. The number of thiophene rings is 1. The van der Waals surface area contributed by atoms with E-state index in [0.29, 0.717) is 10.1 Å². The molecule has 2 heterocycles. The van der Waals surface area contributed by atoms with Gasteiger partial charge in [0.1, 0.15) is 5.82 Å². The second-order valence-corrected chi connectivity index (χ2v) is 6.96. The molecule has 0 atom stereocenters. The molecule has 0 bridgehead atoms. The molecule has 84 valence electrons. The van der Waals surface area contributed by atoms with Gasteiger partial charge in [-0.3, -0.25) is 9.36 Å². The van der Waals surface area contributed by atoms with Crippen molar-refractivity contribution in [3.8, 4) is 0 Å². The molecule has 3 nitrogen and oxygen atoms in total. The first-order chi connectivity index (χ1) is 7.58. The summed E-state index contributed by atoms with van der Waals surface area (Å²) in [6, 6.07) is 4.00. The second kappa shape index (κ2) is 4.97. The fourth-order valence-corrected chi connectivity index (χ4v) is 3.23. The first kappa shape index (κ1) is 12.3. The molecule has 0 aliphatic carbocycles. The molecule has 0 saturated carbocycles. The lowest BCUT2D eigenvalue weighted by Gasteiger charge is -2.07. The largest absolute Gasteiger partial charge is 0.291 e. The Kier molecular flexibility index (Phi) is 3.81. The normalized spacial score (nSPS) is 10.7. The molecular weight excluding hydrogens is 403 g/mol. The smallest absolute Gasteiger partial charge is 0.267 e. The molecule has 0 aromatic carbocycles. The first-order valence-electron chi connectivity index (χ1n) is 4.54. The predicted molar refractivity (Wildman–Crippen MR) is 77.1 cm³/mol. The van der Waals surface area contributed by atoms with Crippen LogP contribution in [0, 0.1) is 10.5 Å². The Morgan fingerprint density at radius 3 is 2.94 bits per heavy atom. The van der Waals surface area contributed by atoms with Crippen molar-refractivity contribution >= 4 is 49.9 Å². The first-order valence-corrected chi connectivity index (χ1v) is 7.23. The van der Waals surface area contributed by atoms with E-state index in [9.17, 15) is 4.79 Å². The van der Waals surface area contributed by atoms with Gasteiger partial charge in [-0.15, -0.1) is 11.3 Å². The van der Waals surface area contributed by atoms with Gasteiger partial charge in [-0.2, -0.15) is 0 Å². The van der Waals surface area contributed by atoms with E-state index in [1.54, 1.807) is 22.1 Å². The summed E-state index contributed by atoms with van der Waals surface area (Å²) in [5, 5.41) is 0. The van der Waals surface area contributed by atoms with E-state index in [2.05, 4.69) is 20.9 Å². The van der Waals surface area contributed by atoms with Crippen LogP contribution in [-0.2, 0) is 6.54 Å². The van der Waals surface area contributed by atoms with Crippen molar-refractivity contribution in [1.82, 2.24) is 9.55 Å². The van der Waals surface area contributed by atoms with Crippen LogP contribution in [0.25, 0.3) is 0 Å². The summed E-state index contributed by atoms with van der Waals surface area (Å²) in [7, 11) is 0. The monoisotopic (exact) mass is 410 g/mol. The van der Waals surface area contributed by atoms with E-state index >= 15 is 0 Å². The van der Waals surface area contributed by atoms with Gasteiger partial charge in [-0.05, 0) is 57.6 Å². The maximum atomic E-state index is 11.9. The highest BCUT2D eigenvalue weighted by molar-refractivity contribution is 14.1. The number of halogens is 2. The predicted octanol–water partition coefficient (Wildman–Crippen LogP) is 3.03. The zero-order chi connectivity index (χ0) is 11.7. The Labute approximate surface area is 119 Å². The van der Waals surface area contributed by atoms with Gasteiger partial charge in [0, 0.05) is 11.1 Å². The molecule has 0 fully saturated rings. The summed E-state index contributed by atoms with van der Waals surface area (Å²) in [6.45, 7) is 2.44. The van der Waals surface area contributed by atoms with E-state index in [1.165, 1.54) is 0 Å². The minimum absolute atomic E-state index is 0.0256. The highest BCUT2D eigenvalue weighted by atomic mass is 127. The van der Waals surface area contributed by atoms with Crippen molar-refractivity contribution in [2.24, 2.45) is 0 Å².